The van der Waals surface area contributed by atoms with E-state index in [9.17, 15) is 4.79 Å². The van der Waals surface area contributed by atoms with Gasteiger partial charge in [0.15, 0.2) is 5.82 Å². The van der Waals surface area contributed by atoms with E-state index in [1.54, 1.807) is 18.3 Å². The van der Waals surface area contributed by atoms with Gasteiger partial charge in [-0.25, -0.2) is 4.98 Å². The Hall–Kier alpha value is -1.80. The molecule has 1 aliphatic heterocycles. The molecule has 1 aliphatic rings. The first-order valence-electron chi connectivity index (χ1n) is 7.14. The van der Waals surface area contributed by atoms with E-state index in [2.05, 4.69) is 15.2 Å². The second-order valence-corrected chi connectivity index (χ2v) is 4.93. The molecule has 1 fully saturated rings. The molecule has 7 nitrogen and oxygen atoms in total. The molecule has 1 amide bonds. The maximum atomic E-state index is 12.3. The topological polar surface area (TPSA) is 93.6 Å². The van der Waals surface area contributed by atoms with Crippen molar-refractivity contribution in [3.05, 3.63) is 42.0 Å². The van der Waals surface area contributed by atoms with E-state index in [0.29, 0.717) is 30.2 Å². The Balaban J connectivity index is 0.00000144. The van der Waals surface area contributed by atoms with E-state index in [-0.39, 0.29) is 37.3 Å². The van der Waals surface area contributed by atoms with Crippen LogP contribution in [-0.4, -0.2) is 37.2 Å². The predicted molar refractivity (Wildman–Crippen MR) is 96.3 cm³/mol. The molecule has 3 N–H and O–H groups in total. The molecule has 9 heteroatoms. The van der Waals surface area contributed by atoms with Crippen LogP contribution in [0, 0.1) is 0 Å². The molecule has 0 atom stereocenters. The highest BCUT2D eigenvalue weighted by Crippen LogP contribution is 2.24. The molecule has 0 saturated carbocycles. The van der Waals surface area contributed by atoms with E-state index in [1.807, 2.05) is 6.07 Å². The third-order valence-corrected chi connectivity index (χ3v) is 3.46. The third-order valence-electron chi connectivity index (χ3n) is 3.46. The number of morpholine rings is 1. The first-order chi connectivity index (χ1) is 10.8. The smallest absolute Gasteiger partial charge is 0.259 e. The fraction of sp³-hybridized carbons (Fsp3) is 0.333. The summed E-state index contributed by atoms with van der Waals surface area (Å²) in [5.74, 6) is 1.08. The van der Waals surface area contributed by atoms with Gasteiger partial charge in [-0.15, -0.1) is 24.8 Å². The summed E-state index contributed by atoms with van der Waals surface area (Å²) in [6, 6.07) is 5.26. The zero-order chi connectivity index (χ0) is 15.4. The molecular formula is C15H20Cl2N4O3. The van der Waals surface area contributed by atoms with Crippen molar-refractivity contribution < 1.29 is 13.9 Å². The maximum absolute atomic E-state index is 12.3. The molecule has 0 aliphatic carbocycles. The van der Waals surface area contributed by atoms with Gasteiger partial charge in [-0.05, 0) is 18.2 Å². The molecule has 0 spiro atoms. The second-order valence-electron chi connectivity index (χ2n) is 4.93. The Kier molecular flexibility index (Phi) is 8.00. The lowest BCUT2D eigenvalue weighted by molar-refractivity contribution is 0.102. The number of nitrogens with zero attached hydrogens (tertiary/aromatic N) is 2. The summed E-state index contributed by atoms with van der Waals surface area (Å²) >= 11 is 0. The van der Waals surface area contributed by atoms with Crippen LogP contribution in [-0.2, 0) is 11.3 Å². The average Bonchev–Trinajstić information content (AvgIpc) is 3.05. The van der Waals surface area contributed by atoms with Crippen LogP contribution in [0.5, 0.6) is 0 Å². The lowest BCUT2D eigenvalue weighted by atomic mass is 10.2. The van der Waals surface area contributed by atoms with Crippen LogP contribution in [0.4, 0.5) is 11.5 Å². The summed E-state index contributed by atoms with van der Waals surface area (Å²) < 4.78 is 10.5. The Morgan fingerprint density at radius 1 is 1.33 bits per heavy atom. The van der Waals surface area contributed by atoms with Crippen molar-refractivity contribution in [2.24, 2.45) is 5.73 Å². The number of nitrogens with two attached hydrogens (primary N) is 1. The summed E-state index contributed by atoms with van der Waals surface area (Å²) in [6.45, 7) is 3.09. The second kappa shape index (κ2) is 9.48. The van der Waals surface area contributed by atoms with E-state index >= 15 is 0 Å². The summed E-state index contributed by atoms with van der Waals surface area (Å²) in [5.41, 5.74) is 6.60. The van der Waals surface area contributed by atoms with Gasteiger partial charge < -0.3 is 25.1 Å². The monoisotopic (exact) mass is 374 g/mol. The number of halogens is 2. The fourth-order valence-corrected chi connectivity index (χ4v) is 2.32. The SMILES string of the molecule is Cl.Cl.NCc1cc(C(=O)Nc2cccnc2N2CCOCC2)co1. The van der Waals surface area contributed by atoms with Crippen LogP contribution in [0.3, 0.4) is 0 Å². The van der Waals surface area contributed by atoms with E-state index in [4.69, 9.17) is 14.9 Å². The van der Waals surface area contributed by atoms with Crippen LogP contribution in [0.25, 0.3) is 0 Å². The minimum absolute atomic E-state index is 0. The highest BCUT2D eigenvalue weighted by Gasteiger charge is 2.18. The van der Waals surface area contributed by atoms with Gasteiger partial charge in [0.1, 0.15) is 12.0 Å². The highest BCUT2D eigenvalue weighted by molar-refractivity contribution is 6.05. The number of nitrogens with one attached hydrogen (secondary N) is 1. The fourth-order valence-electron chi connectivity index (χ4n) is 2.32. The summed E-state index contributed by atoms with van der Waals surface area (Å²) in [5, 5.41) is 2.88. The van der Waals surface area contributed by atoms with Crippen molar-refractivity contribution in [1.29, 1.82) is 0 Å². The minimum Gasteiger partial charge on any atom is -0.467 e. The standard InChI is InChI=1S/C15H18N4O3.2ClH/c16-9-12-8-11(10-22-12)15(20)18-13-2-1-3-17-14(13)19-4-6-21-7-5-19;;/h1-3,8,10H,4-7,9,16H2,(H,18,20);2*1H. The van der Waals surface area contributed by atoms with Crippen LogP contribution >= 0.6 is 24.8 Å². The van der Waals surface area contributed by atoms with E-state index in [1.165, 1.54) is 6.26 Å². The molecule has 0 bridgehead atoms. The first kappa shape index (κ1) is 20.2. The Morgan fingerprint density at radius 3 is 2.75 bits per heavy atom. The molecule has 0 aromatic carbocycles. The number of pyridine rings is 1. The van der Waals surface area contributed by atoms with Gasteiger partial charge in [-0.3, -0.25) is 4.79 Å². The quantitative estimate of drug-likeness (QED) is 0.850. The number of carbonyl (C=O) groups excluding carboxylic acids is 1. The van der Waals surface area contributed by atoms with Gasteiger partial charge in [0.05, 0.1) is 31.0 Å². The van der Waals surface area contributed by atoms with E-state index < -0.39 is 0 Å². The van der Waals surface area contributed by atoms with E-state index in [0.717, 1.165) is 18.9 Å². The van der Waals surface area contributed by atoms with Crippen molar-refractivity contribution in [3.8, 4) is 0 Å². The van der Waals surface area contributed by atoms with Gasteiger partial charge in [-0.2, -0.15) is 0 Å². The minimum atomic E-state index is -0.244. The van der Waals surface area contributed by atoms with Crippen LogP contribution in [0.15, 0.2) is 35.1 Å². The van der Waals surface area contributed by atoms with Crippen LogP contribution in [0.1, 0.15) is 16.1 Å². The van der Waals surface area contributed by atoms with Gasteiger partial charge in [-0.1, -0.05) is 0 Å². The first-order valence-corrected chi connectivity index (χ1v) is 7.14. The number of hydrogen-bond acceptors (Lipinski definition) is 6. The molecular weight excluding hydrogens is 355 g/mol. The van der Waals surface area contributed by atoms with Gasteiger partial charge in [0, 0.05) is 19.3 Å². The molecule has 132 valence electrons. The van der Waals surface area contributed by atoms with Crippen LogP contribution in [0.2, 0.25) is 0 Å². The van der Waals surface area contributed by atoms with Crippen molar-refractivity contribution in [2.45, 2.75) is 6.54 Å². The predicted octanol–water partition coefficient (Wildman–Crippen LogP) is 2.07. The number of carbonyl (C=O) groups is 1. The number of aromatic nitrogens is 1. The zero-order valence-electron chi connectivity index (χ0n) is 12.9. The van der Waals surface area contributed by atoms with Crippen LogP contribution < -0.4 is 16.0 Å². The molecule has 1 saturated heterocycles. The Labute approximate surface area is 152 Å². The maximum Gasteiger partial charge on any atom is 0.259 e. The molecule has 0 radical (unpaired) electrons. The average molecular weight is 375 g/mol. The molecule has 24 heavy (non-hydrogen) atoms. The lowest BCUT2D eigenvalue weighted by Gasteiger charge is -2.29. The molecule has 3 heterocycles. The zero-order valence-corrected chi connectivity index (χ0v) is 14.6. The number of hydrogen-bond donors (Lipinski definition) is 2. The summed E-state index contributed by atoms with van der Waals surface area (Å²) in [7, 11) is 0. The number of furan rings is 1. The molecule has 0 unspecified atom stereocenters. The number of ether oxygens (including phenoxy) is 1. The Morgan fingerprint density at radius 2 is 2.08 bits per heavy atom. The number of anilines is 2. The highest BCUT2D eigenvalue weighted by atomic mass is 35.5. The molecule has 2 aromatic heterocycles. The largest absolute Gasteiger partial charge is 0.467 e. The third kappa shape index (κ3) is 4.61. The lowest BCUT2D eigenvalue weighted by Crippen LogP contribution is -2.37. The summed E-state index contributed by atoms with van der Waals surface area (Å²) in [6.07, 6.45) is 3.12. The normalized spacial score (nSPS) is 13.6. The summed E-state index contributed by atoms with van der Waals surface area (Å²) in [4.78, 5) is 18.8. The van der Waals surface area contributed by atoms with Gasteiger partial charge in [0.2, 0.25) is 0 Å². The molecule has 3 rings (SSSR count). The van der Waals surface area contributed by atoms with Gasteiger partial charge >= 0.3 is 0 Å². The number of amides is 1. The Bertz CT molecular complexity index is 660. The van der Waals surface area contributed by atoms with Gasteiger partial charge in [0.25, 0.3) is 5.91 Å². The van der Waals surface area contributed by atoms with Crippen molar-refractivity contribution >= 4 is 42.2 Å². The number of rotatable bonds is 4. The van der Waals surface area contributed by atoms with Crippen molar-refractivity contribution in [1.82, 2.24) is 4.98 Å². The molecule has 2 aromatic rings. The van der Waals surface area contributed by atoms with Crippen molar-refractivity contribution in [3.63, 3.8) is 0 Å². The van der Waals surface area contributed by atoms with Crippen molar-refractivity contribution in [2.75, 3.05) is 36.5 Å².